The first-order valence-corrected chi connectivity index (χ1v) is 7.31. The van der Waals surface area contributed by atoms with Crippen molar-refractivity contribution in [3.05, 3.63) is 76.8 Å². The van der Waals surface area contributed by atoms with Gasteiger partial charge in [0.2, 0.25) is 5.13 Å². The maximum absolute atomic E-state index is 4.16. The fourth-order valence-corrected chi connectivity index (χ4v) is 2.75. The third-order valence-corrected chi connectivity index (χ3v) is 3.83. The molecule has 0 atom stereocenters. The minimum atomic E-state index is 0.0877. The molecule has 0 aliphatic carbocycles. The lowest BCUT2D eigenvalue weighted by molar-refractivity contribution is 0.920. The monoisotopic (exact) mass is 281 g/mol. The Bertz CT molecular complexity index is 625. The van der Waals surface area contributed by atoms with Crippen LogP contribution in [-0.2, 0) is 0 Å². The highest BCUT2D eigenvalue weighted by atomic mass is 32.1. The number of nitrogens with zero attached hydrogens (tertiary/aromatic N) is 2. The Kier molecular flexibility index (Phi) is 3.74. The second-order valence-electron chi connectivity index (χ2n) is 4.52. The van der Waals surface area contributed by atoms with E-state index in [1.54, 1.807) is 11.3 Å². The second-order valence-corrected chi connectivity index (χ2v) is 5.71. The molecule has 0 fully saturated rings. The van der Waals surface area contributed by atoms with Crippen LogP contribution in [0.2, 0.25) is 0 Å². The van der Waals surface area contributed by atoms with E-state index in [1.165, 1.54) is 11.1 Å². The zero-order chi connectivity index (χ0) is 13.8. The number of anilines is 1. The number of aromatic nitrogens is 2. The van der Waals surface area contributed by atoms with Crippen LogP contribution in [0.4, 0.5) is 5.13 Å². The zero-order valence-electron chi connectivity index (χ0n) is 11.2. The van der Waals surface area contributed by atoms with Crippen molar-refractivity contribution in [1.29, 1.82) is 0 Å². The molecule has 0 unspecified atom stereocenters. The van der Waals surface area contributed by atoms with Crippen LogP contribution in [0.25, 0.3) is 0 Å². The number of hydrogen-bond donors (Lipinski definition) is 1. The van der Waals surface area contributed by atoms with Gasteiger partial charge < -0.3 is 5.32 Å². The average Bonchev–Trinajstić information content (AvgIpc) is 2.92. The van der Waals surface area contributed by atoms with Crippen molar-refractivity contribution in [3.63, 3.8) is 0 Å². The van der Waals surface area contributed by atoms with Crippen molar-refractivity contribution in [2.45, 2.75) is 13.0 Å². The largest absolute Gasteiger partial charge is 0.349 e. The van der Waals surface area contributed by atoms with Crippen molar-refractivity contribution in [1.82, 2.24) is 10.2 Å². The lowest BCUT2D eigenvalue weighted by atomic mass is 9.99. The average molecular weight is 281 g/mol. The summed E-state index contributed by atoms with van der Waals surface area (Å²) in [5, 5.41) is 13.5. The van der Waals surface area contributed by atoms with Crippen molar-refractivity contribution in [3.8, 4) is 0 Å². The summed E-state index contributed by atoms with van der Waals surface area (Å²) in [4.78, 5) is 0. The molecule has 3 nitrogen and oxygen atoms in total. The normalized spacial score (nSPS) is 10.7. The van der Waals surface area contributed by atoms with Gasteiger partial charge in [-0.1, -0.05) is 72.0 Å². The number of nitrogens with one attached hydrogen (secondary N) is 1. The highest BCUT2D eigenvalue weighted by Crippen LogP contribution is 2.27. The van der Waals surface area contributed by atoms with Crippen LogP contribution < -0.4 is 5.32 Å². The van der Waals surface area contributed by atoms with E-state index in [0.717, 1.165) is 10.1 Å². The molecule has 0 amide bonds. The molecule has 0 bridgehead atoms. The van der Waals surface area contributed by atoms with Gasteiger partial charge in [-0.2, -0.15) is 0 Å². The van der Waals surface area contributed by atoms with Gasteiger partial charge >= 0.3 is 0 Å². The first-order chi connectivity index (χ1) is 9.83. The van der Waals surface area contributed by atoms with E-state index in [0.29, 0.717) is 0 Å². The van der Waals surface area contributed by atoms with Gasteiger partial charge in [0.25, 0.3) is 0 Å². The fourth-order valence-electron chi connectivity index (χ4n) is 2.13. The molecule has 0 aliphatic heterocycles. The maximum atomic E-state index is 4.16. The zero-order valence-corrected chi connectivity index (χ0v) is 12.0. The predicted octanol–water partition coefficient (Wildman–Crippen LogP) is 4.05. The Morgan fingerprint density at radius 1 is 0.850 bits per heavy atom. The SMILES string of the molecule is Cc1nnc(NC(c2ccccc2)c2ccccc2)s1. The van der Waals surface area contributed by atoms with Gasteiger partial charge in [-0.25, -0.2) is 0 Å². The Hall–Kier alpha value is -2.20. The van der Waals surface area contributed by atoms with E-state index in [4.69, 9.17) is 0 Å². The van der Waals surface area contributed by atoms with E-state index in [9.17, 15) is 0 Å². The number of hydrogen-bond acceptors (Lipinski definition) is 4. The minimum absolute atomic E-state index is 0.0877. The van der Waals surface area contributed by atoms with Gasteiger partial charge in [0.15, 0.2) is 0 Å². The third-order valence-electron chi connectivity index (χ3n) is 3.06. The van der Waals surface area contributed by atoms with Crippen LogP contribution in [0.15, 0.2) is 60.7 Å². The fraction of sp³-hybridized carbons (Fsp3) is 0.125. The molecule has 3 rings (SSSR count). The molecular formula is C16H15N3S. The summed E-state index contributed by atoms with van der Waals surface area (Å²) in [6.45, 7) is 1.96. The summed E-state index contributed by atoms with van der Waals surface area (Å²) in [6, 6.07) is 20.9. The standard InChI is InChI=1S/C16H15N3S/c1-12-18-19-16(20-12)17-15(13-8-4-2-5-9-13)14-10-6-3-7-11-14/h2-11,15H,1H3,(H,17,19). The van der Waals surface area contributed by atoms with Crippen LogP contribution in [0, 0.1) is 6.92 Å². The van der Waals surface area contributed by atoms with E-state index in [-0.39, 0.29) is 6.04 Å². The summed E-state index contributed by atoms with van der Waals surface area (Å²) in [5.74, 6) is 0. The van der Waals surface area contributed by atoms with Crippen LogP contribution in [0.5, 0.6) is 0 Å². The van der Waals surface area contributed by atoms with Gasteiger partial charge in [0.1, 0.15) is 5.01 Å². The number of aryl methyl sites for hydroxylation is 1. The van der Waals surface area contributed by atoms with Gasteiger partial charge in [0, 0.05) is 0 Å². The lowest BCUT2D eigenvalue weighted by Crippen LogP contribution is -2.12. The molecule has 3 aromatic rings. The summed E-state index contributed by atoms with van der Waals surface area (Å²) >= 11 is 1.57. The van der Waals surface area contributed by atoms with Gasteiger partial charge in [-0.3, -0.25) is 0 Å². The Labute approximate surface area is 122 Å². The molecular weight excluding hydrogens is 266 g/mol. The maximum Gasteiger partial charge on any atom is 0.206 e. The molecule has 1 aromatic heterocycles. The van der Waals surface area contributed by atoms with Gasteiger partial charge in [-0.05, 0) is 18.1 Å². The predicted molar refractivity (Wildman–Crippen MR) is 83.0 cm³/mol. The van der Waals surface area contributed by atoms with Crippen molar-refractivity contribution in [2.24, 2.45) is 0 Å². The molecule has 0 saturated heterocycles. The minimum Gasteiger partial charge on any atom is -0.349 e. The van der Waals surface area contributed by atoms with E-state index in [2.05, 4.69) is 64.0 Å². The summed E-state index contributed by atoms with van der Waals surface area (Å²) in [7, 11) is 0. The lowest BCUT2D eigenvalue weighted by Gasteiger charge is -2.18. The Morgan fingerprint density at radius 2 is 1.40 bits per heavy atom. The van der Waals surface area contributed by atoms with Gasteiger partial charge in [0.05, 0.1) is 6.04 Å². The smallest absolute Gasteiger partial charge is 0.206 e. The van der Waals surface area contributed by atoms with Crippen molar-refractivity contribution < 1.29 is 0 Å². The van der Waals surface area contributed by atoms with E-state index < -0.39 is 0 Å². The summed E-state index contributed by atoms with van der Waals surface area (Å²) in [5.41, 5.74) is 2.43. The summed E-state index contributed by atoms with van der Waals surface area (Å²) in [6.07, 6.45) is 0. The molecule has 20 heavy (non-hydrogen) atoms. The number of rotatable bonds is 4. The quantitative estimate of drug-likeness (QED) is 0.784. The third kappa shape index (κ3) is 2.86. The second kappa shape index (κ2) is 5.84. The van der Waals surface area contributed by atoms with Crippen molar-refractivity contribution >= 4 is 16.5 Å². The number of benzene rings is 2. The first kappa shape index (κ1) is 12.8. The first-order valence-electron chi connectivity index (χ1n) is 6.49. The molecule has 4 heteroatoms. The Balaban J connectivity index is 1.96. The molecule has 100 valence electrons. The molecule has 0 spiro atoms. The molecule has 1 heterocycles. The van der Waals surface area contributed by atoms with Crippen molar-refractivity contribution in [2.75, 3.05) is 5.32 Å². The molecule has 2 aromatic carbocycles. The highest BCUT2D eigenvalue weighted by Gasteiger charge is 2.15. The van der Waals surface area contributed by atoms with E-state index in [1.807, 2.05) is 19.1 Å². The molecule has 0 aliphatic rings. The van der Waals surface area contributed by atoms with E-state index >= 15 is 0 Å². The Morgan fingerprint density at radius 3 is 1.85 bits per heavy atom. The van der Waals surface area contributed by atoms with Gasteiger partial charge in [-0.15, -0.1) is 10.2 Å². The van der Waals surface area contributed by atoms with Crippen LogP contribution in [0.1, 0.15) is 22.2 Å². The molecule has 0 radical (unpaired) electrons. The van der Waals surface area contributed by atoms with Crippen LogP contribution >= 0.6 is 11.3 Å². The van der Waals surface area contributed by atoms with Crippen LogP contribution in [0.3, 0.4) is 0 Å². The highest BCUT2D eigenvalue weighted by molar-refractivity contribution is 7.15. The molecule has 0 saturated carbocycles. The topological polar surface area (TPSA) is 37.8 Å². The summed E-state index contributed by atoms with van der Waals surface area (Å²) < 4.78 is 0. The molecule has 1 N–H and O–H groups in total. The van der Waals surface area contributed by atoms with Crippen LogP contribution in [-0.4, -0.2) is 10.2 Å².